The molecule has 0 radical (unpaired) electrons. The van der Waals surface area contributed by atoms with Crippen molar-refractivity contribution >= 4 is 99.1 Å². The summed E-state index contributed by atoms with van der Waals surface area (Å²) in [5.41, 5.74) is 4.57. The number of carbonyl (C=O) groups is 6. The Morgan fingerprint density at radius 2 is 0.647 bits per heavy atom. The van der Waals surface area contributed by atoms with E-state index in [0.29, 0.717) is 127 Å². The van der Waals surface area contributed by atoms with Gasteiger partial charge in [0.25, 0.3) is 15.3 Å². The van der Waals surface area contributed by atoms with Crippen LogP contribution in [0.15, 0.2) is 178 Å². The number of unbranched alkanes of at least 4 members (excludes halogenated alkanes) is 8. The average Bonchev–Trinajstić information content (AvgIpc) is 0.814. The molecule has 33 nitrogen and oxygen atoms in total. The quantitative estimate of drug-likeness (QED) is 0.00651. The molecule has 0 N–H and O–H groups in total. The number of benzene rings is 6. The van der Waals surface area contributed by atoms with Gasteiger partial charge in [0.1, 0.15) is 26.4 Å². The number of hydrogen-bond acceptors (Lipinski definition) is 30. The summed E-state index contributed by atoms with van der Waals surface area (Å²) < 4.78 is 114. The lowest BCUT2D eigenvalue weighted by Gasteiger charge is -2.19. The summed E-state index contributed by atoms with van der Waals surface area (Å²) in [5.74, 6) is -2.38. The van der Waals surface area contributed by atoms with Crippen LogP contribution in [0, 0.1) is 30.3 Å². The molecule has 0 saturated heterocycles. The molecule has 0 aromatic heterocycles. The van der Waals surface area contributed by atoms with Crippen molar-refractivity contribution in [3.63, 3.8) is 0 Å². The first-order chi connectivity index (χ1) is 55.3. The highest BCUT2D eigenvalue weighted by Gasteiger charge is 2.27. The standard InChI is InChI=1S/C29H38N2O9S.C26H31NO10S.C25H29NO10S/c1-4-30(5-2)19-21-38-29(33)28(24-12-8-6-9-13-24)26(23-15-17-25(18-16-23)41(3,36)37)22-39-27(32)14-10-7-11-20-40-31(34)35;1-3-34-25(28)24(21-11-7-6-8-12-21)23(20-13-15-22(16-14-20)38(2,32)33)19-36-26(29)35-17-9-4-5-10-18-37-27(30)31;1-33-24(27)23(20-10-6-5-7-11-20)22(19-12-14-21(15-13-19)37(2,31)32)18-35-25(28)34-16-8-3-4-9-17-36-26(29)30/h6,8-9,12-13,15-18H,4-5,7,10-11,14,19-22H2,1-3H3;6-8,11-16H,3-5,9-10,17-19H2,1-2H3;5-7,10-15H,3-4,8-9,16-18H2,1-2H3/b28-26+;24-23+;23-22+. The summed E-state index contributed by atoms with van der Waals surface area (Å²) in [7, 11) is -9.10. The number of nitrogens with zero attached hydrogens (tertiary/aromatic N) is 4. The molecule has 0 aliphatic rings. The fourth-order valence-corrected chi connectivity index (χ4v) is 12.7. The van der Waals surface area contributed by atoms with E-state index in [2.05, 4.69) is 19.4 Å². The number of esters is 4. The number of hydrogen-bond donors (Lipinski definition) is 0. The van der Waals surface area contributed by atoms with Gasteiger partial charge in [-0.1, -0.05) is 161 Å². The van der Waals surface area contributed by atoms with Gasteiger partial charge in [-0.2, -0.15) is 0 Å². The maximum atomic E-state index is 13.5. The van der Waals surface area contributed by atoms with E-state index in [1.54, 1.807) is 104 Å². The third kappa shape index (κ3) is 36.7. The summed E-state index contributed by atoms with van der Waals surface area (Å²) in [4.78, 5) is 122. The van der Waals surface area contributed by atoms with Crippen molar-refractivity contribution in [2.24, 2.45) is 0 Å². The Morgan fingerprint density at radius 1 is 0.345 bits per heavy atom. The Labute approximate surface area is 673 Å². The third-order valence-corrected chi connectivity index (χ3v) is 20.2. The van der Waals surface area contributed by atoms with Crippen molar-refractivity contribution in [1.82, 2.24) is 4.90 Å². The van der Waals surface area contributed by atoms with Gasteiger partial charge in [0.05, 0.1) is 78.2 Å². The zero-order valence-electron chi connectivity index (χ0n) is 65.6. The Morgan fingerprint density at radius 3 is 0.948 bits per heavy atom. The van der Waals surface area contributed by atoms with Gasteiger partial charge in [-0.15, -0.1) is 30.3 Å². The fourth-order valence-electron chi connectivity index (χ4n) is 10.8. The molecule has 0 amide bonds. The molecule has 0 atom stereocenters. The zero-order chi connectivity index (χ0) is 85.5. The van der Waals surface area contributed by atoms with Crippen LogP contribution in [0.5, 0.6) is 0 Å². The van der Waals surface area contributed by atoms with E-state index >= 15 is 0 Å². The number of rotatable bonds is 47. The van der Waals surface area contributed by atoms with Gasteiger partial charge in [0, 0.05) is 48.5 Å². The van der Waals surface area contributed by atoms with Gasteiger partial charge in [-0.25, -0.2) is 49.2 Å². The first-order valence-corrected chi connectivity index (χ1v) is 42.5. The van der Waals surface area contributed by atoms with Crippen LogP contribution < -0.4 is 0 Å². The van der Waals surface area contributed by atoms with Crippen molar-refractivity contribution < 1.29 is 122 Å². The van der Waals surface area contributed by atoms with E-state index in [-0.39, 0.29) is 104 Å². The molecule has 36 heteroatoms. The first-order valence-electron chi connectivity index (χ1n) is 36.8. The molecule has 6 aromatic carbocycles. The Kier molecular flexibility index (Phi) is 43.3. The van der Waals surface area contributed by atoms with Crippen LogP contribution >= 0.6 is 0 Å². The Bertz CT molecular complexity index is 4600. The lowest BCUT2D eigenvalue weighted by Crippen LogP contribution is -2.28. The van der Waals surface area contributed by atoms with E-state index in [0.717, 1.165) is 31.9 Å². The first kappa shape index (κ1) is 96.7. The largest absolute Gasteiger partial charge is 0.508 e. The molecule has 116 heavy (non-hydrogen) atoms. The van der Waals surface area contributed by atoms with Crippen molar-refractivity contribution in [2.75, 3.05) is 112 Å². The minimum Gasteiger partial charge on any atom is -0.465 e. The molecular weight excluding hydrogens is 1580 g/mol. The summed E-state index contributed by atoms with van der Waals surface area (Å²) in [6, 6.07) is 44.0. The fraction of sp³-hybridized carbons (Fsp3) is 0.400. The second-order valence-corrected chi connectivity index (χ2v) is 31.2. The summed E-state index contributed by atoms with van der Waals surface area (Å²) >= 11 is 0. The number of sulfone groups is 3. The molecule has 0 heterocycles. The lowest BCUT2D eigenvalue weighted by atomic mass is 9.95. The van der Waals surface area contributed by atoms with Gasteiger partial charge in [0.15, 0.2) is 29.5 Å². The van der Waals surface area contributed by atoms with Gasteiger partial charge < -0.3 is 57.3 Å². The summed E-state index contributed by atoms with van der Waals surface area (Å²) in [6.45, 7) is 7.40. The Hall–Kier alpha value is -11.6. The molecule has 0 aliphatic carbocycles. The van der Waals surface area contributed by atoms with Crippen LogP contribution in [0.1, 0.15) is 131 Å². The molecule has 0 unspecified atom stereocenters. The highest BCUT2D eigenvalue weighted by atomic mass is 32.2. The molecular formula is C80H98N4O29S3. The van der Waals surface area contributed by atoms with E-state index in [9.17, 15) is 84.4 Å². The van der Waals surface area contributed by atoms with E-state index in [1.165, 1.54) is 67.8 Å². The molecule has 0 fully saturated rings. The molecule has 6 aromatic rings. The van der Waals surface area contributed by atoms with Crippen LogP contribution in [0.25, 0.3) is 33.4 Å². The maximum absolute atomic E-state index is 13.5. The molecule has 0 bridgehead atoms. The molecule has 6 rings (SSSR count). The molecule has 630 valence electrons. The highest BCUT2D eigenvalue weighted by Crippen LogP contribution is 2.33. The van der Waals surface area contributed by atoms with E-state index in [4.69, 9.17) is 37.9 Å². The molecule has 0 aliphatic heterocycles. The maximum Gasteiger partial charge on any atom is 0.508 e. The second-order valence-electron chi connectivity index (χ2n) is 25.2. The van der Waals surface area contributed by atoms with Crippen molar-refractivity contribution in [1.29, 1.82) is 0 Å². The highest BCUT2D eigenvalue weighted by molar-refractivity contribution is 7.91. The van der Waals surface area contributed by atoms with Gasteiger partial charge in [-0.05, 0) is 141 Å². The normalized spacial score (nSPS) is 11.8. The molecule has 0 saturated carbocycles. The van der Waals surface area contributed by atoms with Crippen LogP contribution in [-0.4, -0.2) is 193 Å². The predicted octanol–water partition coefficient (Wildman–Crippen LogP) is 12.8. The minimum absolute atomic E-state index is 0.0140. The van der Waals surface area contributed by atoms with Crippen molar-refractivity contribution in [2.45, 2.75) is 113 Å². The number of methoxy groups -OCH3 is 1. The second kappa shape index (κ2) is 52.0. The van der Waals surface area contributed by atoms with Crippen LogP contribution in [-0.2, 0) is 101 Å². The van der Waals surface area contributed by atoms with Crippen LogP contribution in [0.3, 0.4) is 0 Å². The zero-order valence-corrected chi connectivity index (χ0v) is 68.1. The number of carbonyl (C=O) groups excluding carboxylic acids is 6. The van der Waals surface area contributed by atoms with Crippen molar-refractivity contribution in [3.8, 4) is 0 Å². The minimum atomic E-state index is -3.45. The average molecular weight is 1680 g/mol. The topological polar surface area (TPSA) is 439 Å². The van der Waals surface area contributed by atoms with E-state index in [1.807, 2.05) is 19.9 Å². The van der Waals surface area contributed by atoms with Gasteiger partial charge >= 0.3 is 36.2 Å². The number of likely N-dealkylation sites (N-methyl/N-ethyl adjacent to an activating group) is 1. The van der Waals surface area contributed by atoms with Gasteiger partial charge in [-0.3, -0.25) is 4.79 Å². The summed E-state index contributed by atoms with van der Waals surface area (Å²) in [6.07, 6.45) is 7.63. The van der Waals surface area contributed by atoms with Crippen molar-refractivity contribution in [3.05, 3.63) is 228 Å². The van der Waals surface area contributed by atoms with Gasteiger partial charge in [0.2, 0.25) is 0 Å². The summed E-state index contributed by atoms with van der Waals surface area (Å²) in [5, 5.41) is 27.9. The monoisotopic (exact) mass is 1670 g/mol. The Balaban J connectivity index is 0.000000367. The predicted molar refractivity (Wildman–Crippen MR) is 426 cm³/mol. The SMILES string of the molecule is CCN(CC)CCOC(=O)/C(=C(\COC(=O)CCCCCO[N+](=O)[O-])c1ccc(S(C)(=O)=O)cc1)c1ccccc1.CCOC(=O)/C(=C(\COC(=O)OCCCCCCO[N+](=O)[O-])c1ccc(S(C)(=O)=O)cc1)c1ccccc1.COC(=O)/C(=C(\COC(=O)OCCCCCCO[N+](=O)[O-])c1ccc(S(C)(=O)=O)cc1)c1ccccc1. The third-order valence-electron chi connectivity index (χ3n) is 16.8. The van der Waals surface area contributed by atoms with Crippen LogP contribution in [0.4, 0.5) is 9.59 Å². The smallest absolute Gasteiger partial charge is 0.465 e. The molecule has 0 spiro atoms. The van der Waals surface area contributed by atoms with Crippen LogP contribution in [0.2, 0.25) is 0 Å². The lowest BCUT2D eigenvalue weighted by molar-refractivity contribution is -0.757. The van der Waals surface area contributed by atoms with E-state index < -0.39 is 81.0 Å². The number of ether oxygens (including phenoxy) is 8.